The van der Waals surface area contributed by atoms with E-state index in [9.17, 15) is 4.79 Å². The van der Waals surface area contributed by atoms with Gasteiger partial charge in [0.1, 0.15) is 28.5 Å². The van der Waals surface area contributed by atoms with Crippen LogP contribution in [0.3, 0.4) is 0 Å². The van der Waals surface area contributed by atoms with E-state index in [0.717, 1.165) is 50.9 Å². The van der Waals surface area contributed by atoms with Crippen molar-refractivity contribution in [1.29, 1.82) is 0 Å². The van der Waals surface area contributed by atoms with E-state index in [1.54, 1.807) is 42.6 Å². The summed E-state index contributed by atoms with van der Waals surface area (Å²) in [6.45, 7) is 5.47. The summed E-state index contributed by atoms with van der Waals surface area (Å²) in [4.78, 5) is 23.9. The minimum atomic E-state index is -0.210. The number of halogens is 1. The molecule has 232 valence electrons. The molecular formula is C33H38ClN5O5. The third-order valence-electron chi connectivity index (χ3n) is 7.85. The zero-order chi connectivity index (χ0) is 30.1. The van der Waals surface area contributed by atoms with Crippen molar-refractivity contribution in [3.63, 3.8) is 0 Å². The summed E-state index contributed by atoms with van der Waals surface area (Å²) >= 11 is 6.36. The number of anilines is 2. The SMILES string of the molecule is O=C(NCCCCN1CCCC1)c1cc(Oc2ccc3oc(Nc4ccc(Cl)c(OCCC5CCCO5)c4)nc3c2)ccn1. The minimum Gasteiger partial charge on any atom is -0.492 e. The highest BCUT2D eigenvalue weighted by Crippen LogP contribution is 2.32. The Labute approximate surface area is 262 Å². The van der Waals surface area contributed by atoms with Gasteiger partial charge in [-0.1, -0.05) is 11.6 Å². The molecule has 2 aliphatic rings. The van der Waals surface area contributed by atoms with Gasteiger partial charge in [-0.05, 0) is 88.5 Å². The third kappa shape index (κ3) is 8.19. The number of unbranched alkanes of at least 4 members (excludes halogenated alkanes) is 1. The van der Waals surface area contributed by atoms with Crippen LogP contribution in [-0.2, 0) is 4.74 Å². The van der Waals surface area contributed by atoms with Gasteiger partial charge in [0, 0.05) is 49.7 Å². The Morgan fingerprint density at radius 2 is 1.93 bits per heavy atom. The molecule has 4 aromatic rings. The fourth-order valence-electron chi connectivity index (χ4n) is 5.51. The van der Waals surface area contributed by atoms with Crippen molar-refractivity contribution in [2.75, 3.05) is 44.7 Å². The maximum Gasteiger partial charge on any atom is 0.300 e. The number of benzene rings is 2. The van der Waals surface area contributed by atoms with Crippen LogP contribution < -0.4 is 20.1 Å². The number of likely N-dealkylation sites (tertiary alicyclic amines) is 1. The van der Waals surface area contributed by atoms with E-state index in [1.165, 1.54) is 25.9 Å². The second kappa shape index (κ2) is 14.7. The van der Waals surface area contributed by atoms with Gasteiger partial charge in [0.2, 0.25) is 0 Å². The predicted octanol–water partition coefficient (Wildman–Crippen LogP) is 6.97. The van der Waals surface area contributed by atoms with Crippen molar-refractivity contribution in [3.8, 4) is 17.2 Å². The van der Waals surface area contributed by atoms with Crippen LogP contribution in [0.5, 0.6) is 17.2 Å². The van der Waals surface area contributed by atoms with Crippen molar-refractivity contribution in [3.05, 3.63) is 65.4 Å². The molecular weight excluding hydrogens is 582 g/mol. The van der Waals surface area contributed by atoms with Crippen molar-refractivity contribution in [2.24, 2.45) is 0 Å². The number of fused-ring (bicyclic) bond motifs is 1. The Balaban J connectivity index is 1.02. The lowest BCUT2D eigenvalue weighted by atomic mass is 10.2. The lowest BCUT2D eigenvalue weighted by Gasteiger charge is -2.14. The Morgan fingerprint density at radius 1 is 1.05 bits per heavy atom. The molecule has 2 N–H and O–H groups in total. The Morgan fingerprint density at radius 3 is 2.80 bits per heavy atom. The van der Waals surface area contributed by atoms with Crippen molar-refractivity contribution in [2.45, 2.75) is 51.0 Å². The van der Waals surface area contributed by atoms with Gasteiger partial charge in [0.15, 0.2) is 5.58 Å². The molecule has 1 atom stereocenters. The van der Waals surface area contributed by atoms with Crippen LogP contribution in [0.1, 0.15) is 55.4 Å². The fraction of sp³-hybridized carbons (Fsp3) is 0.424. The lowest BCUT2D eigenvalue weighted by molar-refractivity contribution is 0.0903. The highest BCUT2D eigenvalue weighted by molar-refractivity contribution is 6.32. The number of hydrogen-bond donors (Lipinski definition) is 2. The van der Waals surface area contributed by atoms with Crippen LogP contribution in [0.15, 0.2) is 59.1 Å². The number of carbonyl (C=O) groups excluding carboxylic acids is 1. The quantitative estimate of drug-likeness (QED) is 0.145. The summed E-state index contributed by atoms with van der Waals surface area (Å²) in [6.07, 6.45) is 9.44. The van der Waals surface area contributed by atoms with Gasteiger partial charge >= 0.3 is 0 Å². The first-order valence-electron chi connectivity index (χ1n) is 15.4. The molecule has 0 saturated carbocycles. The standard InChI is InChI=1S/C33H38ClN5O5/c34-27-9-7-23(20-31(27)42-19-12-24-6-5-18-41-24)37-33-38-28-21-25(8-10-30(28)44-33)43-26-11-14-35-29(22-26)32(40)36-13-1-2-15-39-16-3-4-17-39/h7-11,14,20-22,24H,1-6,12-13,15-19H2,(H,36,40)(H,37,38). The summed E-state index contributed by atoms with van der Waals surface area (Å²) in [5.74, 6) is 1.45. The van der Waals surface area contributed by atoms with E-state index in [0.29, 0.717) is 58.2 Å². The highest BCUT2D eigenvalue weighted by atomic mass is 35.5. The number of amides is 1. The molecule has 0 radical (unpaired) electrons. The average Bonchev–Trinajstić information content (AvgIpc) is 3.81. The Hall–Kier alpha value is -3.86. The molecule has 2 fully saturated rings. The Bertz CT molecular complexity index is 1550. The zero-order valence-electron chi connectivity index (χ0n) is 24.7. The molecule has 0 bridgehead atoms. The van der Waals surface area contributed by atoms with E-state index in [4.69, 9.17) is 30.2 Å². The van der Waals surface area contributed by atoms with Gasteiger partial charge in [-0.2, -0.15) is 4.98 Å². The topological polar surface area (TPSA) is 111 Å². The number of aromatic nitrogens is 2. The predicted molar refractivity (Wildman–Crippen MR) is 169 cm³/mol. The summed E-state index contributed by atoms with van der Waals surface area (Å²) in [6, 6.07) is 14.5. The molecule has 6 rings (SSSR count). The number of ether oxygens (including phenoxy) is 3. The number of oxazole rings is 1. The van der Waals surface area contributed by atoms with Crippen LogP contribution in [0.25, 0.3) is 11.1 Å². The van der Waals surface area contributed by atoms with Gasteiger partial charge in [0.05, 0.1) is 17.7 Å². The fourth-order valence-corrected chi connectivity index (χ4v) is 5.68. The number of nitrogens with zero attached hydrogens (tertiary/aromatic N) is 3. The number of nitrogens with one attached hydrogen (secondary N) is 2. The molecule has 2 aromatic carbocycles. The normalized spacial score (nSPS) is 16.8. The van der Waals surface area contributed by atoms with Crippen molar-refractivity contribution >= 4 is 40.3 Å². The van der Waals surface area contributed by atoms with Crippen LogP contribution in [0.2, 0.25) is 5.02 Å². The van der Waals surface area contributed by atoms with Crippen LogP contribution in [0, 0.1) is 0 Å². The first-order valence-corrected chi connectivity index (χ1v) is 15.8. The maximum absolute atomic E-state index is 12.7. The van der Waals surface area contributed by atoms with Gasteiger partial charge in [-0.25, -0.2) is 0 Å². The largest absolute Gasteiger partial charge is 0.492 e. The lowest BCUT2D eigenvalue weighted by Crippen LogP contribution is -2.26. The summed E-state index contributed by atoms with van der Waals surface area (Å²) in [5.41, 5.74) is 2.27. The molecule has 10 nitrogen and oxygen atoms in total. The maximum atomic E-state index is 12.7. The van der Waals surface area contributed by atoms with E-state index in [2.05, 4.69) is 25.5 Å². The van der Waals surface area contributed by atoms with Gasteiger partial charge in [0.25, 0.3) is 11.9 Å². The second-order valence-corrected chi connectivity index (χ2v) is 11.6. The first-order chi connectivity index (χ1) is 21.6. The molecule has 1 amide bonds. The molecule has 0 aliphatic carbocycles. The molecule has 1 unspecified atom stereocenters. The van der Waals surface area contributed by atoms with E-state index in [-0.39, 0.29) is 12.0 Å². The summed E-state index contributed by atoms with van der Waals surface area (Å²) in [5, 5.41) is 6.68. The third-order valence-corrected chi connectivity index (χ3v) is 8.16. The van der Waals surface area contributed by atoms with E-state index in [1.807, 2.05) is 12.1 Å². The van der Waals surface area contributed by atoms with Gasteiger partial charge in [-0.3, -0.25) is 9.78 Å². The van der Waals surface area contributed by atoms with Crippen LogP contribution in [0.4, 0.5) is 11.7 Å². The minimum absolute atomic E-state index is 0.210. The number of rotatable bonds is 14. The molecule has 2 saturated heterocycles. The first kappa shape index (κ1) is 30.2. The molecule has 11 heteroatoms. The number of hydrogen-bond acceptors (Lipinski definition) is 9. The molecule has 4 heterocycles. The summed E-state index contributed by atoms with van der Waals surface area (Å²) in [7, 11) is 0. The summed E-state index contributed by atoms with van der Waals surface area (Å²) < 4.78 is 23.5. The van der Waals surface area contributed by atoms with Gasteiger partial charge < -0.3 is 34.2 Å². The van der Waals surface area contributed by atoms with Crippen molar-refractivity contribution in [1.82, 2.24) is 20.2 Å². The van der Waals surface area contributed by atoms with Crippen LogP contribution in [-0.4, -0.2) is 66.3 Å². The number of pyridine rings is 1. The Kier molecular flexibility index (Phi) is 10.1. The van der Waals surface area contributed by atoms with E-state index >= 15 is 0 Å². The highest BCUT2D eigenvalue weighted by Gasteiger charge is 2.16. The van der Waals surface area contributed by atoms with Crippen molar-refractivity contribution < 1.29 is 23.4 Å². The number of carbonyl (C=O) groups is 1. The van der Waals surface area contributed by atoms with Crippen LogP contribution >= 0.6 is 11.6 Å². The molecule has 2 aromatic heterocycles. The monoisotopic (exact) mass is 619 g/mol. The smallest absolute Gasteiger partial charge is 0.300 e. The second-order valence-electron chi connectivity index (χ2n) is 11.2. The van der Waals surface area contributed by atoms with Gasteiger partial charge in [-0.15, -0.1) is 0 Å². The molecule has 0 spiro atoms. The zero-order valence-corrected chi connectivity index (χ0v) is 25.5. The van der Waals surface area contributed by atoms with E-state index < -0.39 is 0 Å². The molecule has 44 heavy (non-hydrogen) atoms. The average molecular weight is 620 g/mol. The molecule has 2 aliphatic heterocycles.